The summed E-state index contributed by atoms with van der Waals surface area (Å²) in [4.78, 5) is 28.1. The molecule has 1 aliphatic rings. The molecule has 4 nitrogen and oxygen atoms in total. The van der Waals surface area contributed by atoms with Crippen LogP contribution in [-0.2, 0) is 11.3 Å². The van der Waals surface area contributed by atoms with Crippen LogP contribution < -0.4 is 10.6 Å². The summed E-state index contributed by atoms with van der Waals surface area (Å²) in [5.74, 6) is -0.500. The number of primary amides is 1. The van der Waals surface area contributed by atoms with E-state index >= 15 is 0 Å². The van der Waals surface area contributed by atoms with E-state index in [1.165, 1.54) is 17.3 Å². The van der Waals surface area contributed by atoms with E-state index in [9.17, 15) is 9.59 Å². The number of nitrogens with two attached hydrogens (primary N) is 1. The number of aryl methyl sites for hydroxylation is 1. The van der Waals surface area contributed by atoms with Crippen molar-refractivity contribution >= 4 is 35.3 Å². The smallest absolute Gasteiger partial charge is 0.265 e. The van der Waals surface area contributed by atoms with Crippen molar-refractivity contribution in [2.24, 2.45) is 5.73 Å². The maximum Gasteiger partial charge on any atom is 0.265 e. The molecule has 0 saturated carbocycles. The Morgan fingerprint density at radius 1 is 1.03 bits per heavy atom. The molecular weight excluding hydrogens is 380 g/mol. The van der Waals surface area contributed by atoms with Crippen LogP contribution in [0.1, 0.15) is 27.0 Å². The van der Waals surface area contributed by atoms with E-state index in [-0.39, 0.29) is 5.91 Å². The van der Waals surface area contributed by atoms with Gasteiger partial charge in [-0.05, 0) is 48.4 Å². The van der Waals surface area contributed by atoms with Crippen LogP contribution in [0.5, 0.6) is 0 Å². The highest BCUT2D eigenvalue weighted by Crippen LogP contribution is 2.42. The Bertz CT molecular complexity index is 1120. The fraction of sp³-hybridized carbons (Fsp3) is 0.0833. The van der Waals surface area contributed by atoms with Crippen molar-refractivity contribution in [3.8, 4) is 0 Å². The number of para-hydroxylation sites is 1. The molecule has 0 atom stereocenters. The fourth-order valence-corrected chi connectivity index (χ4v) is 4.37. The number of hydrogen-bond donors (Lipinski definition) is 1. The van der Waals surface area contributed by atoms with E-state index in [1.54, 1.807) is 24.3 Å². The first kappa shape index (κ1) is 19.0. The first-order chi connectivity index (χ1) is 14.0. The van der Waals surface area contributed by atoms with Crippen molar-refractivity contribution in [1.82, 2.24) is 0 Å². The Balaban J connectivity index is 1.70. The molecule has 29 heavy (non-hydrogen) atoms. The zero-order valence-corrected chi connectivity index (χ0v) is 16.8. The quantitative estimate of drug-likeness (QED) is 0.642. The minimum atomic E-state index is -0.467. The van der Waals surface area contributed by atoms with Crippen LogP contribution in [0.25, 0.3) is 6.08 Å². The molecule has 4 rings (SSSR count). The van der Waals surface area contributed by atoms with Crippen LogP contribution in [0.15, 0.2) is 82.6 Å². The first-order valence-corrected chi connectivity index (χ1v) is 10.1. The van der Waals surface area contributed by atoms with Gasteiger partial charge in [-0.3, -0.25) is 9.59 Å². The molecule has 1 aliphatic heterocycles. The van der Waals surface area contributed by atoms with Gasteiger partial charge in [0, 0.05) is 10.5 Å². The Hall–Kier alpha value is -3.31. The minimum Gasteiger partial charge on any atom is -0.366 e. The normalized spacial score (nSPS) is 14.7. The molecule has 0 spiro atoms. The lowest BCUT2D eigenvalue weighted by Crippen LogP contribution is -2.33. The third-order valence-electron chi connectivity index (χ3n) is 4.75. The van der Waals surface area contributed by atoms with Gasteiger partial charge in [0.15, 0.2) is 0 Å². The lowest BCUT2D eigenvalue weighted by Gasteiger charge is -2.30. The summed E-state index contributed by atoms with van der Waals surface area (Å²) in [6.07, 6.45) is 1.86. The molecule has 2 N–H and O–H groups in total. The topological polar surface area (TPSA) is 63.4 Å². The summed E-state index contributed by atoms with van der Waals surface area (Å²) in [7, 11) is 0. The second kappa shape index (κ2) is 7.97. The van der Waals surface area contributed by atoms with Crippen LogP contribution in [0.4, 0.5) is 5.69 Å². The maximum atomic E-state index is 13.3. The number of hydrogen-bond acceptors (Lipinski definition) is 3. The Kier molecular flexibility index (Phi) is 5.23. The predicted molar refractivity (Wildman–Crippen MR) is 118 cm³/mol. The van der Waals surface area contributed by atoms with Crippen molar-refractivity contribution in [2.45, 2.75) is 18.4 Å². The van der Waals surface area contributed by atoms with Crippen LogP contribution in [0.3, 0.4) is 0 Å². The molecule has 0 fully saturated rings. The third kappa shape index (κ3) is 4.10. The van der Waals surface area contributed by atoms with Crippen molar-refractivity contribution in [3.05, 3.63) is 100.0 Å². The number of fused-ring (bicyclic) bond motifs is 1. The van der Waals surface area contributed by atoms with Crippen molar-refractivity contribution in [2.75, 3.05) is 4.90 Å². The predicted octanol–water partition coefficient (Wildman–Crippen LogP) is 4.77. The molecule has 0 unspecified atom stereocenters. The summed E-state index contributed by atoms with van der Waals surface area (Å²) >= 11 is 1.47. The zero-order chi connectivity index (χ0) is 20.4. The van der Waals surface area contributed by atoms with Gasteiger partial charge in [0.2, 0.25) is 5.91 Å². The molecule has 0 bridgehead atoms. The second-order valence-electron chi connectivity index (χ2n) is 6.94. The largest absolute Gasteiger partial charge is 0.366 e. The zero-order valence-electron chi connectivity index (χ0n) is 16.0. The highest BCUT2D eigenvalue weighted by Gasteiger charge is 2.29. The molecular formula is C24H20N2O2S. The molecule has 0 aromatic heterocycles. The number of amides is 2. The van der Waals surface area contributed by atoms with E-state index in [2.05, 4.69) is 6.07 Å². The van der Waals surface area contributed by atoms with Crippen molar-refractivity contribution < 1.29 is 9.59 Å². The Morgan fingerprint density at radius 3 is 2.52 bits per heavy atom. The summed E-state index contributed by atoms with van der Waals surface area (Å²) in [5.41, 5.74) is 9.78. The highest BCUT2D eigenvalue weighted by molar-refractivity contribution is 8.04. The summed E-state index contributed by atoms with van der Waals surface area (Å²) in [6, 6.07) is 23.1. The molecule has 0 radical (unpaired) electrons. The monoisotopic (exact) mass is 400 g/mol. The minimum absolute atomic E-state index is 0.0332. The van der Waals surface area contributed by atoms with E-state index < -0.39 is 5.91 Å². The van der Waals surface area contributed by atoms with Gasteiger partial charge in [0.1, 0.15) is 0 Å². The van der Waals surface area contributed by atoms with E-state index in [1.807, 2.05) is 60.4 Å². The lowest BCUT2D eigenvalue weighted by atomic mass is 10.1. The van der Waals surface area contributed by atoms with Crippen LogP contribution in [-0.4, -0.2) is 11.8 Å². The first-order valence-electron chi connectivity index (χ1n) is 9.27. The van der Waals surface area contributed by atoms with Gasteiger partial charge in [-0.2, -0.15) is 0 Å². The van der Waals surface area contributed by atoms with Gasteiger partial charge in [-0.1, -0.05) is 65.9 Å². The van der Waals surface area contributed by atoms with Gasteiger partial charge in [-0.15, -0.1) is 0 Å². The fourth-order valence-electron chi connectivity index (χ4n) is 3.31. The summed E-state index contributed by atoms with van der Waals surface area (Å²) in [6.45, 7) is 2.56. The lowest BCUT2D eigenvalue weighted by molar-refractivity contribution is -0.114. The van der Waals surface area contributed by atoms with E-state index in [0.29, 0.717) is 17.0 Å². The number of carbonyl (C=O) groups is 2. The van der Waals surface area contributed by atoms with Crippen LogP contribution in [0, 0.1) is 6.92 Å². The van der Waals surface area contributed by atoms with Gasteiger partial charge < -0.3 is 10.6 Å². The number of rotatable bonds is 4. The molecule has 0 saturated heterocycles. The van der Waals surface area contributed by atoms with Crippen molar-refractivity contribution in [3.63, 3.8) is 0 Å². The molecule has 1 heterocycles. The third-order valence-corrected chi connectivity index (χ3v) is 5.83. The van der Waals surface area contributed by atoms with Gasteiger partial charge in [-0.25, -0.2) is 0 Å². The molecule has 5 heteroatoms. The average Bonchev–Trinajstić information content (AvgIpc) is 2.71. The van der Waals surface area contributed by atoms with Gasteiger partial charge >= 0.3 is 0 Å². The Labute approximate surface area is 174 Å². The summed E-state index contributed by atoms with van der Waals surface area (Å²) in [5, 5.41) is 0. The molecule has 2 amide bonds. The maximum absolute atomic E-state index is 13.3. The number of benzene rings is 3. The Morgan fingerprint density at radius 2 is 1.79 bits per heavy atom. The number of nitrogens with zero attached hydrogens (tertiary/aromatic N) is 1. The molecule has 144 valence electrons. The molecule has 0 aliphatic carbocycles. The number of anilines is 1. The SMILES string of the molecule is Cc1cccc(CN2C(=O)/C(=C/c3ccc(C(N)=O)cc3)Sc3ccccc32)c1. The van der Waals surface area contributed by atoms with Crippen molar-refractivity contribution in [1.29, 1.82) is 0 Å². The van der Waals surface area contributed by atoms with E-state index in [0.717, 1.165) is 21.7 Å². The second-order valence-corrected chi connectivity index (χ2v) is 8.03. The molecule has 3 aromatic rings. The molecule has 3 aromatic carbocycles. The highest BCUT2D eigenvalue weighted by atomic mass is 32.2. The number of carbonyl (C=O) groups excluding carboxylic acids is 2. The van der Waals surface area contributed by atoms with Crippen LogP contribution in [0.2, 0.25) is 0 Å². The average molecular weight is 401 g/mol. The van der Waals surface area contributed by atoms with Gasteiger partial charge in [0.25, 0.3) is 5.91 Å². The van der Waals surface area contributed by atoms with E-state index in [4.69, 9.17) is 5.73 Å². The summed E-state index contributed by atoms with van der Waals surface area (Å²) < 4.78 is 0. The van der Waals surface area contributed by atoms with Crippen LogP contribution >= 0.6 is 11.8 Å². The van der Waals surface area contributed by atoms with Gasteiger partial charge in [0.05, 0.1) is 17.1 Å². The standard InChI is InChI=1S/C24H20N2O2S/c1-16-5-4-6-18(13-16)15-26-20-7-2-3-8-21(20)29-22(24(26)28)14-17-9-11-19(12-10-17)23(25)27/h2-14H,15H2,1H3,(H2,25,27)/b22-14-. The number of thioether (sulfide) groups is 1.